The lowest BCUT2D eigenvalue weighted by atomic mass is 9.77. The van der Waals surface area contributed by atoms with Gasteiger partial charge in [0.2, 0.25) is 5.78 Å². The summed E-state index contributed by atoms with van der Waals surface area (Å²) in [5.74, 6) is -2.35. The van der Waals surface area contributed by atoms with Gasteiger partial charge < -0.3 is 19.8 Å². The molecular weight excluding hydrogens is 474 g/mol. The molecule has 0 bridgehead atoms. The number of phenolic OH excluding ortho intramolecular Hbond substituents is 1. The highest BCUT2D eigenvalue weighted by Gasteiger charge is 2.45. The van der Waals surface area contributed by atoms with Gasteiger partial charge in [-0.05, 0) is 67.3 Å². The van der Waals surface area contributed by atoms with E-state index in [-0.39, 0.29) is 36.2 Å². The number of carboxylic acid groups (broad SMARTS) is 1. The average Bonchev–Trinajstić information content (AvgIpc) is 3.12. The number of amides is 1. The molecule has 2 aliphatic rings. The molecule has 1 aliphatic heterocycles. The number of nitrogens with one attached hydrogen (secondary N) is 1. The lowest BCUT2D eigenvalue weighted by molar-refractivity contribution is -0.143. The maximum atomic E-state index is 13.4. The molecule has 0 radical (unpaired) electrons. The Bertz CT molecular complexity index is 1240. The van der Waals surface area contributed by atoms with Crippen molar-refractivity contribution in [3.05, 3.63) is 58.7 Å². The van der Waals surface area contributed by atoms with Crippen LogP contribution in [0.1, 0.15) is 59.9 Å². The number of nitrogens with zero attached hydrogens (tertiary/aromatic N) is 2. The van der Waals surface area contributed by atoms with Crippen molar-refractivity contribution in [1.82, 2.24) is 4.90 Å². The minimum absolute atomic E-state index is 0.0530. The van der Waals surface area contributed by atoms with Crippen LogP contribution < -0.4 is 5.43 Å². The fourth-order valence-electron chi connectivity index (χ4n) is 5.21. The maximum absolute atomic E-state index is 13.4. The van der Waals surface area contributed by atoms with E-state index < -0.39 is 29.6 Å². The van der Waals surface area contributed by atoms with Gasteiger partial charge in [0.25, 0.3) is 5.91 Å². The van der Waals surface area contributed by atoms with Crippen molar-refractivity contribution in [2.24, 2.45) is 11.0 Å². The Morgan fingerprint density at radius 1 is 1.16 bits per heavy atom. The molecule has 1 aliphatic carbocycles. The number of carbonyl (C=O) groups excluding carboxylic acids is 2. The van der Waals surface area contributed by atoms with E-state index in [2.05, 4.69) is 10.5 Å². The van der Waals surface area contributed by atoms with Gasteiger partial charge in [0, 0.05) is 13.7 Å². The zero-order valence-corrected chi connectivity index (χ0v) is 21.4. The predicted molar refractivity (Wildman–Crippen MR) is 139 cm³/mol. The molecule has 37 heavy (non-hydrogen) atoms. The van der Waals surface area contributed by atoms with Crippen LogP contribution in [0.5, 0.6) is 5.75 Å². The predicted octanol–water partition coefficient (Wildman–Crippen LogP) is 3.93. The van der Waals surface area contributed by atoms with Crippen molar-refractivity contribution in [3.8, 4) is 5.75 Å². The number of benzene rings is 2. The lowest BCUT2D eigenvalue weighted by Gasteiger charge is -2.27. The molecule has 2 aromatic rings. The number of carboxylic acids is 1. The molecule has 4 rings (SSSR count). The molecule has 3 unspecified atom stereocenters. The quantitative estimate of drug-likeness (QED) is 0.365. The number of Topliss-reactive ketones (excluding diaryl/α,β-unsaturated/α-hetero) is 1. The Kier molecular flexibility index (Phi) is 7.92. The normalized spacial score (nSPS) is 23.1. The van der Waals surface area contributed by atoms with E-state index >= 15 is 0 Å². The van der Waals surface area contributed by atoms with Gasteiger partial charge in [0.05, 0.1) is 18.2 Å². The summed E-state index contributed by atoms with van der Waals surface area (Å²) in [6, 6.07) is 9.99. The molecule has 9 heteroatoms. The monoisotopic (exact) mass is 507 g/mol. The summed E-state index contributed by atoms with van der Waals surface area (Å²) in [6.45, 7) is 4.43. The van der Waals surface area contributed by atoms with Crippen molar-refractivity contribution in [2.45, 2.75) is 51.5 Å². The Labute approximate surface area is 216 Å². The number of aryl methyl sites for hydroxylation is 2. The maximum Gasteiger partial charge on any atom is 0.306 e. The van der Waals surface area contributed by atoms with Gasteiger partial charge in [0.15, 0.2) is 5.71 Å². The number of phenols is 1. The first-order valence-corrected chi connectivity index (χ1v) is 12.5. The molecule has 2 fully saturated rings. The standard InChI is InChI=1S/C28H33N3O6/c1-16-10-11-19(14-17(16)2)24-26(33)23(27(34)31(24)12-13-37-3)30-29-22-9-5-8-21(25(22)32)18-6-4-7-20(15-18)28(35)36/h5,8-11,14,18,20,24,29,32H,4,6-7,12-13,15H2,1-3H3,(H,35,36)/b30-23-. The third-order valence-corrected chi connectivity index (χ3v) is 7.46. The average molecular weight is 508 g/mol. The van der Waals surface area contributed by atoms with Crippen LogP contribution in [0.2, 0.25) is 0 Å². The molecule has 3 atom stereocenters. The van der Waals surface area contributed by atoms with Crippen molar-refractivity contribution in [1.29, 1.82) is 0 Å². The van der Waals surface area contributed by atoms with Crippen LogP contribution >= 0.6 is 0 Å². The second-order valence-electron chi connectivity index (χ2n) is 9.82. The minimum atomic E-state index is -0.820. The third kappa shape index (κ3) is 5.36. The summed E-state index contributed by atoms with van der Waals surface area (Å²) >= 11 is 0. The molecule has 1 heterocycles. The largest absolute Gasteiger partial charge is 0.505 e. The van der Waals surface area contributed by atoms with Crippen molar-refractivity contribution in [2.75, 3.05) is 25.7 Å². The SMILES string of the molecule is COCCN1C(=O)/C(=N\Nc2cccc(C3CCCC(C(=O)O)C3)c2O)C(=O)C1c1ccc(C)c(C)c1. The minimum Gasteiger partial charge on any atom is -0.505 e. The number of likely N-dealkylation sites (tertiary alicyclic amines) is 1. The highest BCUT2D eigenvalue weighted by Crippen LogP contribution is 2.42. The van der Waals surface area contributed by atoms with E-state index in [0.29, 0.717) is 24.0 Å². The number of aliphatic carboxylic acids is 1. The van der Waals surface area contributed by atoms with Crippen molar-refractivity contribution >= 4 is 29.1 Å². The number of methoxy groups -OCH3 is 1. The molecule has 1 amide bonds. The van der Waals surface area contributed by atoms with E-state index in [0.717, 1.165) is 24.0 Å². The van der Waals surface area contributed by atoms with E-state index in [9.17, 15) is 24.6 Å². The van der Waals surface area contributed by atoms with Gasteiger partial charge in [-0.3, -0.25) is 19.8 Å². The van der Waals surface area contributed by atoms with E-state index in [1.54, 1.807) is 18.2 Å². The molecule has 1 saturated carbocycles. The molecule has 3 N–H and O–H groups in total. The number of ketones is 1. The van der Waals surface area contributed by atoms with Gasteiger partial charge >= 0.3 is 5.97 Å². The van der Waals surface area contributed by atoms with Crippen LogP contribution in [-0.4, -0.2) is 58.7 Å². The smallest absolute Gasteiger partial charge is 0.306 e. The zero-order chi connectivity index (χ0) is 26.7. The number of ether oxygens (including phenoxy) is 1. The summed E-state index contributed by atoms with van der Waals surface area (Å²) in [4.78, 5) is 39.6. The number of rotatable bonds is 8. The second-order valence-corrected chi connectivity index (χ2v) is 9.82. The van der Waals surface area contributed by atoms with Crippen LogP contribution in [0.3, 0.4) is 0 Å². The highest BCUT2D eigenvalue weighted by atomic mass is 16.5. The topological polar surface area (TPSA) is 129 Å². The van der Waals surface area contributed by atoms with Crippen LogP contribution in [0.4, 0.5) is 5.69 Å². The number of carbonyl (C=O) groups is 3. The van der Waals surface area contributed by atoms with Crippen LogP contribution in [0.15, 0.2) is 41.5 Å². The number of para-hydroxylation sites is 1. The first kappa shape index (κ1) is 26.3. The van der Waals surface area contributed by atoms with Crippen LogP contribution in [-0.2, 0) is 19.1 Å². The molecule has 0 spiro atoms. The first-order chi connectivity index (χ1) is 17.7. The van der Waals surface area contributed by atoms with E-state index in [4.69, 9.17) is 4.74 Å². The summed E-state index contributed by atoms with van der Waals surface area (Å²) in [7, 11) is 1.53. The Morgan fingerprint density at radius 2 is 1.95 bits per heavy atom. The van der Waals surface area contributed by atoms with Gasteiger partial charge in [0.1, 0.15) is 11.8 Å². The molecule has 0 aromatic heterocycles. The van der Waals surface area contributed by atoms with E-state index in [1.165, 1.54) is 12.0 Å². The molecule has 196 valence electrons. The number of hydrazone groups is 1. The summed E-state index contributed by atoms with van der Waals surface area (Å²) in [5.41, 5.74) is 6.17. The van der Waals surface area contributed by atoms with Crippen molar-refractivity contribution in [3.63, 3.8) is 0 Å². The number of anilines is 1. The fraction of sp³-hybridized carbons (Fsp3) is 0.429. The number of aromatic hydroxyl groups is 1. The fourth-order valence-corrected chi connectivity index (χ4v) is 5.21. The van der Waals surface area contributed by atoms with Gasteiger partial charge in [-0.2, -0.15) is 5.10 Å². The first-order valence-electron chi connectivity index (χ1n) is 12.5. The summed E-state index contributed by atoms with van der Waals surface area (Å²) < 4.78 is 5.16. The Hall–Kier alpha value is -3.72. The van der Waals surface area contributed by atoms with E-state index in [1.807, 2.05) is 32.0 Å². The summed E-state index contributed by atoms with van der Waals surface area (Å²) in [5, 5.41) is 24.5. The molecule has 2 aromatic carbocycles. The van der Waals surface area contributed by atoms with Crippen LogP contribution in [0.25, 0.3) is 0 Å². The van der Waals surface area contributed by atoms with Crippen LogP contribution in [0, 0.1) is 19.8 Å². The second kappa shape index (κ2) is 11.1. The number of hydrogen-bond donors (Lipinski definition) is 3. The highest BCUT2D eigenvalue weighted by molar-refractivity contribution is 6.69. The lowest BCUT2D eigenvalue weighted by Crippen LogP contribution is -2.33. The van der Waals surface area contributed by atoms with Gasteiger partial charge in [-0.25, -0.2) is 0 Å². The van der Waals surface area contributed by atoms with Gasteiger partial charge in [-0.1, -0.05) is 36.8 Å². The zero-order valence-electron chi connectivity index (χ0n) is 21.4. The summed E-state index contributed by atoms with van der Waals surface area (Å²) in [6.07, 6.45) is 2.62. The molecule has 9 nitrogen and oxygen atoms in total. The third-order valence-electron chi connectivity index (χ3n) is 7.46. The Morgan fingerprint density at radius 3 is 2.65 bits per heavy atom. The molecule has 1 saturated heterocycles. The Balaban J connectivity index is 1.60. The molecular formula is C28H33N3O6. The number of hydrogen-bond acceptors (Lipinski definition) is 7. The van der Waals surface area contributed by atoms with Gasteiger partial charge in [-0.15, -0.1) is 0 Å². The van der Waals surface area contributed by atoms with Crippen molar-refractivity contribution < 1.29 is 29.3 Å².